The quantitative estimate of drug-likeness (QED) is 0.409. The highest BCUT2D eigenvalue weighted by Gasteiger charge is 2.30. The first-order valence-electron chi connectivity index (χ1n) is 7.60. The summed E-state index contributed by atoms with van der Waals surface area (Å²) in [4.78, 5) is 0. The minimum Gasteiger partial charge on any atom is -0.854 e. The van der Waals surface area contributed by atoms with E-state index in [0.29, 0.717) is 11.1 Å². The number of hydrogen-bond donors (Lipinski definition) is 0. The molecule has 2 aromatic carbocycles. The van der Waals surface area contributed by atoms with Crippen molar-refractivity contribution < 1.29 is 27.7 Å². The molecule has 132 valence electrons. The molecular weight excluding hydrogens is 345 g/mol. The molecule has 0 spiro atoms. The Morgan fingerprint density at radius 3 is 1.92 bits per heavy atom. The van der Waals surface area contributed by atoms with Crippen LogP contribution in [0.2, 0.25) is 0 Å². The molecule has 0 aliphatic carbocycles. The predicted molar refractivity (Wildman–Crippen MR) is 87.1 cm³/mol. The summed E-state index contributed by atoms with van der Waals surface area (Å²) < 4.78 is 41.8. The van der Waals surface area contributed by atoms with Crippen LogP contribution in [0.3, 0.4) is 0 Å². The second-order valence-corrected chi connectivity index (χ2v) is 5.31. The van der Waals surface area contributed by atoms with Crippen LogP contribution in [0, 0.1) is 0 Å². The van der Waals surface area contributed by atoms with E-state index in [1.54, 1.807) is 48.8 Å². The van der Waals surface area contributed by atoms with Crippen molar-refractivity contribution in [2.24, 2.45) is 5.10 Å². The van der Waals surface area contributed by atoms with E-state index in [2.05, 4.69) is 9.84 Å². The molecule has 0 aliphatic heterocycles. The summed E-state index contributed by atoms with van der Waals surface area (Å²) in [6.07, 6.45) is -1.42. The van der Waals surface area contributed by atoms with E-state index in [-0.39, 0.29) is 5.75 Å². The normalized spacial score (nSPS) is 12.0. The van der Waals surface area contributed by atoms with E-state index >= 15 is 0 Å². The fourth-order valence-corrected chi connectivity index (χ4v) is 2.27. The Morgan fingerprint density at radius 2 is 1.38 bits per heavy atom. The smallest absolute Gasteiger partial charge is 0.573 e. The lowest BCUT2D eigenvalue weighted by Crippen LogP contribution is -2.33. The van der Waals surface area contributed by atoms with Gasteiger partial charge in [0.25, 0.3) is 0 Å². The molecule has 3 rings (SSSR count). The fraction of sp³-hybridized carbons (Fsp3) is 0.0526. The number of halogens is 3. The number of pyridine rings is 1. The largest absolute Gasteiger partial charge is 0.854 e. The van der Waals surface area contributed by atoms with Gasteiger partial charge in [-0.15, -0.1) is 13.2 Å². The summed E-state index contributed by atoms with van der Waals surface area (Å²) in [7, 11) is 0. The third kappa shape index (κ3) is 4.60. The van der Waals surface area contributed by atoms with Crippen molar-refractivity contribution >= 4 is 5.90 Å². The molecule has 0 atom stereocenters. The number of rotatable bonds is 4. The summed E-state index contributed by atoms with van der Waals surface area (Å²) in [6, 6.07) is 17.5. The molecule has 0 bridgehead atoms. The van der Waals surface area contributed by atoms with Crippen molar-refractivity contribution in [3.05, 3.63) is 84.7 Å². The number of alkyl halides is 3. The lowest BCUT2D eigenvalue weighted by atomic mass is 10.0. The maximum absolute atomic E-state index is 12.2. The standard InChI is InChI=1S/C19H13F3N2O2/c20-19(21,22)26-17-10-8-15(9-11-17)14-4-6-16(7-5-14)18(25)23-24-12-2-1-3-13-24/h1-13H. The van der Waals surface area contributed by atoms with E-state index in [0.717, 1.165) is 5.56 Å². The molecule has 0 fully saturated rings. The molecule has 26 heavy (non-hydrogen) atoms. The van der Waals surface area contributed by atoms with Crippen LogP contribution < -0.4 is 14.5 Å². The zero-order valence-corrected chi connectivity index (χ0v) is 13.4. The van der Waals surface area contributed by atoms with Gasteiger partial charge in [-0.1, -0.05) is 47.1 Å². The van der Waals surface area contributed by atoms with Gasteiger partial charge in [-0.05, 0) is 33.9 Å². The minimum atomic E-state index is -4.72. The van der Waals surface area contributed by atoms with Gasteiger partial charge in [0.2, 0.25) is 12.4 Å². The van der Waals surface area contributed by atoms with E-state index < -0.39 is 12.3 Å². The van der Waals surface area contributed by atoms with Gasteiger partial charge in [0.1, 0.15) is 5.75 Å². The predicted octanol–water partition coefficient (Wildman–Crippen LogP) is 3.11. The van der Waals surface area contributed by atoms with Crippen LogP contribution in [0.1, 0.15) is 5.56 Å². The maximum atomic E-state index is 12.2. The average molecular weight is 358 g/mol. The van der Waals surface area contributed by atoms with Crippen LogP contribution >= 0.6 is 0 Å². The number of nitrogens with zero attached hydrogens (tertiary/aromatic N) is 2. The summed E-state index contributed by atoms with van der Waals surface area (Å²) in [5.74, 6) is -0.687. The summed E-state index contributed by atoms with van der Waals surface area (Å²) in [5, 5.41) is 16.1. The number of benzene rings is 2. The maximum Gasteiger partial charge on any atom is 0.573 e. The van der Waals surface area contributed by atoms with E-state index in [4.69, 9.17) is 0 Å². The van der Waals surface area contributed by atoms with Crippen LogP contribution in [0.25, 0.3) is 11.1 Å². The van der Waals surface area contributed by atoms with Crippen LogP contribution in [0.4, 0.5) is 13.2 Å². The number of aromatic nitrogens is 1. The first-order chi connectivity index (χ1) is 12.4. The first kappa shape index (κ1) is 17.5. The molecule has 0 radical (unpaired) electrons. The molecule has 0 N–H and O–H groups in total. The van der Waals surface area contributed by atoms with Gasteiger partial charge in [0, 0.05) is 12.1 Å². The lowest BCUT2D eigenvalue weighted by Gasteiger charge is -2.10. The van der Waals surface area contributed by atoms with E-state index in [1.807, 2.05) is 6.07 Å². The molecule has 0 saturated carbocycles. The molecule has 7 heteroatoms. The third-order valence-electron chi connectivity index (χ3n) is 3.46. The van der Waals surface area contributed by atoms with Crippen molar-refractivity contribution in [3.63, 3.8) is 0 Å². The molecular formula is C19H13F3N2O2. The van der Waals surface area contributed by atoms with E-state index in [1.165, 1.54) is 28.9 Å². The zero-order chi connectivity index (χ0) is 18.6. The molecule has 0 aliphatic rings. The summed E-state index contributed by atoms with van der Waals surface area (Å²) in [5.41, 5.74) is 1.86. The van der Waals surface area contributed by atoms with Gasteiger partial charge in [0.15, 0.2) is 0 Å². The Balaban J connectivity index is 1.76. The second-order valence-electron chi connectivity index (χ2n) is 5.31. The molecule has 0 saturated heterocycles. The molecule has 0 amide bonds. The highest BCUT2D eigenvalue weighted by molar-refractivity contribution is 5.90. The molecule has 3 aromatic rings. The van der Waals surface area contributed by atoms with Gasteiger partial charge in [-0.3, -0.25) is 0 Å². The molecule has 4 nitrogen and oxygen atoms in total. The Hall–Kier alpha value is -3.35. The number of ether oxygens (including phenoxy) is 1. The molecule has 1 heterocycles. The minimum absolute atomic E-state index is 0.285. The van der Waals surface area contributed by atoms with Gasteiger partial charge in [-0.25, -0.2) is 0 Å². The monoisotopic (exact) mass is 358 g/mol. The van der Waals surface area contributed by atoms with Gasteiger partial charge in [-0.2, -0.15) is 0 Å². The fourth-order valence-electron chi connectivity index (χ4n) is 2.27. The third-order valence-corrected chi connectivity index (χ3v) is 3.46. The highest BCUT2D eigenvalue weighted by atomic mass is 19.4. The average Bonchev–Trinajstić information content (AvgIpc) is 2.62. The van der Waals surface area contributed by atoms with Crippen LogP contribution in [-0.2, 0) is 0 Å². The van der Waals surface area contributed by atoms with Crippen LogP contribution in [-0.4, -0.2) is 12.3 Å². The SMILES string of the molecule is [O-]C(=N[n+]1ccccc1)c1ccc(-c2ccc(OC(F)(F)F)cc2)cc1. The molecule has 1 aromatic heterocycles. The Morgan fingerprint density at radius 1 is 0.846 bits per heavy atom. The number of hydrogen-bond acceptors (Lipinski definition) is 3. The van der Waals surface area contributed by atoms with Crippen molar-refractivity contribution in [2.75, 3.05) is 0 Å². The zero-order valence-electron chi connectivity index (χ0n) is 13.4. The summed E-state index contributed by atoms with van der Waals surface area (Å²) in [6.45, 7) is 0. The van der Waals surface area contributed by atoms with Crippen LogP contribution in [0.5, 0.6) is 5.75 Å². The Labute approximate surface area is 147 Å². The van der Waals surface area contributed by atoms with Crippen molar-refractivity contribution in [1.29, 1.82) is 0 Å². The first-order valence-corrected chi connectivity index (χ1v) is 7.60. The topological polar surface area (TPSA) is 48.5 Å². The van der Waals surface area contributed by atoms with Crippen LogP contribution in [0.15, 0.2) is 84.2 Å². The lowest BCUT2D eigenvalue weighted by molar-refractivity contribution is -0.681. The second kappa shape index (κ2) is 7.26. The van der Waals surface area contributed by atoms with Crippen molar-refractivity contribution in [2.45, 2.75) is 6.36 Å². The van der Waals surface area contributed by atoms with Gasteiger partial charge >= 0.3 is 6.36 Å². The Kier molecular flexibility index (Phi) is 4.88. The van der Waals surface area contributed by atoms with Gasteiger partial charge in [0.05, 0.1) is 5.90 Å². The summed E-state index contributed by atoms with van der Waals surface area (Å²) >= 11 is 0. The van der Waals surface area contributed by atoms with Crippen molar-refractivity contribution in [1.82, 2.24) is 0 Å². The van der Waals surface area contributed by atoms with Crippen molar-refractivity contribution in [3.8, 4) is 16.9 Å². The Bertz CT molecular complexity index is 891. The molecule has 0 unspecified atom stereocenters. The highest BCUT2D eigenvalue weighted by Crippen LogP contribution is 2.26. The van der Waals surface area contributed by atoms with E-state index in [9.17, 15) is 18.3 Å². The van der Waals surface area contributed by atoms with Gasteiger partial charge < -0.3 is 9.84 Å².